The fourth-order valence-corrected chi connectivity index (χ4v) is 2.51. The summed E-state index contributed by atoms with van der Waals surface area (Å²) >= 11 is 0. The number of piperazine rings is 1. The zero-order valence-corrected chi connectivity index (χ0v) is 12.7. The van der Waals surface area contributed by atoms with Crippen LogP contribution in [0.1, 0.15) is 13.8 Å². The first-order valence-electron chi connectivity index (χ1n) is 7.33. The van der Waals surface area contributed by atoms with Gasteiger partial charge in [0.1, 0.15) is 0 Å². The first-order chi connectivity index (χ1) is 9.61. The summed E-state index contributed by atoms with van der Waals surface area (Å²) in [5.41, 5.74) is -0.0736. The molecule has 0 radical (unpaired) electrons. The number of nitrogens with one attached hydrogen (secondary N) is 1. The summed E-state index contributed by atoms with van der Waals surface area (Å²) < 4.78 is 1.54. The Morgan fingerprint density at radius 1 is 1.35 bits per heavy atom. The molecule has 1 saturated heterocycles. The van der Waals surface area contributed by atoms with E-state index in [1.165, 1.54) is 0 Å². The smallest absolute Gasteiger partial charge is 0.293 e. The fourth-order valence-electron chi connectivity index (χ4n) is 2.51. The summed E-state index contributed by atoms with van der Waals surface area (Å²) in [6.45, 7) is 10.7. The van der Waals surface area contributed by atoms with Gasteiger partial charge in [0, 0.05) is 58.2 Å². The lowest BCUT2D eigenvalue weighted by molar-refractivity contribution is 0.110. The average Bonchev–Trinajstić information content (AvgIpc) is 2.48. The van der Waals surface area contributed by atoms with Gasteiger partial charge in [-0.3, -0.25) is 9.69 Å². The molecule has 0 aromatic carbocycles. The van der Waals surface area contributed by atoms with Gasteiger partial charge in [-0.25, -0.2) is 4.98 Å². The molecule has 0 aliphatic carbocycles. The quantitative estimate of drug-likeness (QED) is 0.835. The summed E-state index contributed by atoms with van der Waals surface area (Å²) in [5.74, 6) is 0.439. The van der Waals surface area contributed by atoms with Crippen LogP contribution in [0.5, 0.6) is 0 Å². The van der Waals surface area contributed by atoms with Crippen molar-refractivity contribution in [2.24, 2.45) is 7.05 Å². The molecule has 112 valence electrons. The summed E-state index contributed by atoms with van der Waals surface area (Å²) in [4.78, 5) is 20.9. The van der Waals surface area contributed by atoms with Crippen molar-refractivity contribution >= 4 is 5.82 Å². The van der Waals surface area contributed by atoms with E-state index in [1.807, 2.05) is 0 Å². The third-order valence-electron chi connectivity index (χ3n) is 4.06. The normalized spacial score (nSPS) is 18.9. The Labute approximate surface area is 120 Å². The molecule has 6 nitrogen and oxygen atoms in total. The maximum absolute atomic E-state index is 11.9. The summed E-state index contributed by atoms with van der Waals surface area (Å²) in [7, 11) is 1.74. The van der Waals surface area contributed by atoms with Gasteiger partial charge in [0.15, 0.2) is 5.82 Å². The van der Waals surface area contributed by atoms with Crippen molar-refractivity contribution < 1.29 is 0 Å². The predicted octanol–water partition coefficient (Wildman–Crippen LogP) is 0.218. The highest BCUT2D eigenvalue weighted by Gasteiger charge is 2.20. The van der Waals surface area contributed by atoms with Crippen molar-refractivity contribution in [3.05, 3.63) is 22.7 Å². The number of likely N-dealkylation sites (N-methyl/N-ethyl adjacent to an activating group) is 1. The lowest BCUT2D eigenvalue weighted by Gasteiger charge is -2.37. The lowest BCUT2D eigenvalue weighted by atomic mass is 10.2. The maximum Gasteiger partial charge on any atom is 0.293 e. The Morgan fingerprint density at radius 2 is 2.05 bits per heavy atom. The zero-order valence-electron chi connectivity index (χ0n) is 12.7. The SMILES string of the molecule is CCN1CCN(C(C)CNc2nccn(C)c2=O)CC1. The van der Waals surface area contributed by atoms with Gasteiger partial charge in [-0.05, 0) is 13.5 Å². The number of aromatic nitrogens is 2. The van der Waals surface area contributed by atoms with Crippen LogP contribution in [0.4, 0.5) is 5.82 Å². The van der Waals surface area contributed by atoms with Gasteiger partial charge in [-0.2, -0.15) is 0 Å². The van der Waals surface area contributed by atoms with Gasteiger partial charge in [0.05, 0.1) is 0 Å². The molecule has 0 bridgehead atoms. The molecule has 1 aliphatic rings. The van der Waals surface area contributed by atoms with Gasteiger partial charge in [0.25, 0.3) is 5.56 Å². The van der Waals surface area contributed by atoms with Gasteiger partial charge >= 0.3 is 0 Å². The van der Waals surface area contributed by atoms with E-state index in [9.17, 15) is 4.79 Å². The molecule has 6 heteroatoms. The standard InChI is InChI=1S/C14H25N5O/c1-4-18-7-9-19(10-8-18)12(2)11-16-13-14(20)17(3)6-5-15-13/h5-6,12H,4,7-11H2,1-3H3,(H,15,16). The molecular formula is C14H25N5O. The Hall–Kier alpha value is -1.40. The Morgan fingerprint density at radius 3 is 2.70 bits per heavy atom. The highest BCUT2D eigenvalue weighted by atomic mass is 16.1. The molecule has 1 aliphatic heterocycles. The fraction of sp³-hybridized carbons (Fsp3) is 0.714. The maximum atomic E-state index is 11.9. The molecule has 1 aromatic heterocycles. The van der Waals surface area contributed by atoms with Crippen molar-refractivity contribution in [2.75, 3.05) is 44.6 Å². The van der Waals surface area contributed by atoms with E-state index in [0.717, 1.165) is 39.3 Å². The molecule has 2 heterocycles. The summed E-state index contributed by atoms with van der Waals surface area (Å²) in [5, 5.41) is 3.18. The number of nitrogens with zero attached hydrogens (tertiary/aromatic N) is 4. The summed E-state index contributed by atoms with van der Waals surface area (Å²) in [6.07, 6.45) is 3.31. The van der Waals surface area contributed by atoms with Crippen molar-refractivity contribution in [3.8, 4) is 0 Å². The minimum Gasteiger partial charge on any atom is -0.364 e. The Bertz CT molecular complexity index is 479. The number of rotatable bonds is 5. The van der Waals surface area contributed by atoms with Crippen molar-refractivity contribution in [1.29, 1.82) is 0 Å². The third-order valence-corrected chi connectivity index (χ3v) is 4.06. The van der Waals surface area contributed by atoms with Crippen molar-refractivity contribution in [2.45, 2.75) is 19.9 Å². The van der Waals surface area contributed by atoms with Crippen LogP contribution >= 0.6 is 0 Å². The second-order valence-corrected chi connectivity index (χ2v) is 5.39. The largest absolute Gasteiger partial charge is 0.364 e. The minimum absolute atomic E-state index is 0.0736. The van der Waals surface area contributed by atoms with E-state index in [0.29, 0.717) is 11.9 Å². The number of anilines is 1. The highest BCUT2D eigenvalue weighted by molar-refractivity contribution is 5.30. The van der Waals surface area contributed by atoms with Crippen LogP contribution in [0.3, 0.4) is 0 Å². The molecule has 2 rings (SSSR count). The van der Waals surface area contributed by atoms with Crippen LogP contribution in [-0.2, 0) is 7.05 Å². The number of aryl methyl sites for hydroxylation is 1. The van der Waals surface area contributed by atoms with E-state index >= 15 is 0 Å². The lowest BCUT2D eigenvalue weighted by Crippen LogP contribution is -2.51. The molecule has 1 atom stereocenters. The Kier molecular flexibility index (Phi) is 5.14. The average molecular weight is 279 g/mol. The first kappa shape index (κ1) is 15.0. The molecule has 1 aromatic rings. The molecule has 1 unspecified atom stereocenters. The molecule has 1 N–H and O–H groups in total. The molecule has 1 fully saturated rings. The van der Waals surface area contributed by atoms with Crippen LogP contribution in [0.25, 0.3) is 0 Å². The number of hydrogen-bond donors (Lipinski definition) is 1. The first-order valence-corrected chi connectivity index (χ1v) is 7.33. The van der Waals surface area contributed by atoms with Crippen LogP contribution in [0.15, 0.2) is 17.2 Å². The zero-order chi connectivity index (χ0) is 14.5. The van der Waals surface area contributed by atoms with Gasteiger partial charge < -0.3 is 14.8 Å². The van der Waals surface area contributed by atoms with E-state index in [-0.39, 0.29) is 5.56 Å². The molecular weight excluding hydrogens is 254 g/mol. The van der Waals surface area contributed by atoms with E-state index in [1.54, 1.807) is 24.0 Å². The van der Waals surface area contributed by atoms with E-state index in [2.05, 4.69) is 33.9 Å². The van der Waals surface area contributed by atoms with Gasteiger partial charge in [-0.15, -0.1) is 0 Å². The third kappa shape index (κ3) is 3.58. The molecule has 0 spiro atoms. The number of hydrogen-bond acceptors (Lipinski definition) is 5. The Balaban J connectivity index is 1.85. The van der Waals surface area contributed by atoms with Crippen LogP contribution < -0.4 is 10.9 Å². The van der Waals surface area contributed by atoms with Gasteiger partial charge in [0.2, 0.25) is 0 Å². The monoisotopic (exact) mass is 279 g/mol. The van der Waals surface area contributed by atoms with Crippen molar-refractivity contribution in [3.63, 3.8) is 0 Å². The minimum atomic E-state index is -0.0736. The second-order valence-electron chi connectivity index (χ2n) is 5.39. The molecule has 0 saturated carbocycles. The van der Waals surface area contributed by atoms with Crippen LogP contribution in [-0.4, -0.2) is 64.7 Å². The summed E-state index contributed by atoms with van der Waals surface area (Å²) in [6, 6.07) is 0.403. The van der Waals surface area contributed by atoms with E-state index < -0.39 is 0 Å². The topological polar surface area (TPSA) is 53.4 Å². The predicted molar refractivity (Wildman–Crippen MR) is 81.1 cm³/mol. The van der Waals surface area contributed by atoms with Gasteiger partial charge in [-0.1, -0.05) is 6.92 Å². The molecule has 20 heavy (non-hydrogen) atoms. The van der Waals surface area contributed by atoms with Crippen LogP contribution in [0.2, 0.25) is 0 Å². The molecule has 0 amide bonds. The van der Waals surface area contributed by atoms with Crippen LogP contribution in [0, 0.1) is 0 Å². The highest BCUT2D eigenvalue weighted by Crippen LogP contribution is 2.06. The van der Waals surface area contributed by atoms with E-state index in [4.69, 9.17) is 0 Å². The second kappa shape index (κ2) is 6.85. The van der Waals surface area contributed by atoms with Crippen molar-refractivity contribution in [1.82, 2.24) is 19.4 Å².